The number of amides is 1. The number of hydrogen-bond donors (Lipinski definition) is 1. The van der Waals surface area contributed by atoms with Gasteiger partial charge in [0.25, 0.3) is 5.91 Å². The maximum absolute atomic E-state index is 11.6. The zero-order valence-electron chi connectivity index (χ0n) is 9.33. The number of hydrogen-bond acceptors (Lipinski definition) is 4. The fraction of sp³-hybridized carbons (Fsp3) is 0.600. The number of nitrogens with zero attached hydrogens (tertiary/aromatic N) is 1. The molecule has 1 rings (SSSR count). The maximum Gasteiger partial charge on any atom is 0.273 e. The van der Waals surface area contributed by atoms with Crippen LogP contribution >= 0.6 is 15.9 Å². The van der Waals surface area contributed by atoms with Crippen molar-refractivity contribution in [3.63, 3.8) is 0 Å². The molecule has 5 nitrogen and oxygen atoms in total. The van der Waals surface area contributed by atoms with Crippen molar-refractivity contribution in [2.24, 2.45) is 0 Å². The number of aromatic nitrogens is 1. The highest BCUT2D eigenvalue weighted by Crippen LogP contribution is 2.06. The molecule has 1 N–H and O–H groups in total. The molecule has 0 fully saturated rings. The Morgan fingerprint density at radius 2 is 2.50 bits per heavy atom. The Balaban J connectivity index is 2.46. The number of alkyl halides is 1. The van der Waals surface area contributed by atoms with Crippen LogP contribution in [0.5, 0.6) is 0 Å². The van der Waals surface area contributed by atoms with E-state index in [4.69, 9.17) is 9.26 Å². The van der Waals surface area contributed by atoms with Crippen LogP contribution in [-0.2, 0) is 11.3 Å². The van der Waals surface area contributed by atoms with Crippen LogP contribution in [-0.4, -0.2) is 29.5 Å². The standard InChI is InChI=1S/C10H15BrN2O3/c1-3-7(11)5-12-10(14)9-4-8(6-15-2)16-13-9/h4,7H,3,5-6H2,1-2H3,(H,12,14). The van der Waals surface area contributed by atoms with E-state index >= 15 is 0 Å². The Bertz CT molecular complexity index is 341. The van der Waals surface area contributed by atoms with Gasteiger partial charge in [0.2, 0.25) is 0 Å². The van der Waals surface area contributed by atoms with Crippen LogP contribution in [0.2, 0.25) is 0 Å². The van der Waals surface area contributed by atoms with Crippen LogP contribution in [0.1, 0.15) is 29.6 Å². The molecule has 0 radical (unpaired) electrons. The monoisotopic (exact) mass is 290 g/mol. The van der Waals surface area contributed by atoms with Gasteiger partial charge in [-0.2, -0.15) is 0 Å². The summed E-state index contributed by atoms with van der Waals surface area (Å²) in [6, 6.07) is 1.58. The van der Waals surface area contributed by atoms with Gasteiger partial charge in [0.1, 0.15) is 6.61 Å². The first-order chi connectivity index (χ1) is 7.67. The summed E-state index contributed by atoms with van der Waals surface area (Å²) < 4.78 is 9.78. The average molecular weight is 291 g/mol. The molecule has 1 aromatic rings. The molecule has 0 saturated carbocycles. The first kappa shape index (κ1) is 13.2. The molecule has 0 bridgehead atoms. The van der Waals surface area contributed by atoms with E-state index in [0.29, 0.717) is 18.9 Å². The normalized spacial score (nSPS) is 12.4. The van der Waals surface area contributed by atoms with Crippen molar-refractivity contribution in [2.75, 3.05) is 13.7 Å². The molecular formula is C10H15BrN2O3. The van der Waals surface area contributed by atoms with E-state index in [1.165, 1.54) is 0 Å². The Hall–Kier alpha value is -0.880. The van der Waals surface area contributed by atoms with Crippen molar-refractivity contribution in [2.45, 2.75) is 24.8 Å². The lowest BCUT2D eigenvalue weighted by atomic mass is 10.3. The van der Waals surface area contributed by atoms with Crippen LogP contribution in [0.15, 0.2) is 10.6 Å². The van der Waals surface area contributed by atoms with E-state index in [1.54, 1.807) is 13.2 Å². The molecule has 1 unspecified atom stereocenters. The largest absolute Gasteiger partial charge is 0.377 e. The highest BCUT2D eigenvalue weighted by atomic mass is 79.9. The van der Waals surface area contributed by atoms with Crippen molar-refractivity contribution in [1.29, 1.82) is 0 Å². The van der Waals surface area contributed by atoms with Gasteiger partial charge in [-0.25, -0.2) is 0 Å². The molecule has 16 heavy (non-hydrogen) atoms. The minimum Gasteiger partial charge on any atom is -0.377 e. The summed E-state index contributed by atoms with van der Waals surface area (Å²) in [5.74, 6) is 0.308. The molecule has 0 aromatic carbocycles. The fourth-order valence-corrected chi connectivity index (χ4v) is 1.23. The topological polar surface area (TPSA) is 64.4 Å². The molecule has 0 aliphatic rings. The third-order valence-corrected chi connectivity index (χ3v) is 2.98. The molecule has 0 saturated heterocycles. The first-order valence-electron chi connectivity index (χ1n) is 5.04. The van der Waals surface area contributed by atoms with Crippen LogP contribution < -0.4 is 5.32 Å². The number of carbonyl (C=O) groups excluding carboxylic acids is 1. The number of halogens is 1. The zero-order valence-corrected chi connectivity index (χ0v) is 10.9. The molecular weight excluding hydrogens is 276 g/mol. The summed E-state index contributed by atoms with van der Waals surface area (Å²) in [5, 5.41) is 6.41. The summed E-state index contributed by atoms with van der Waals surface area (Å²) in [6.07, 6.45) is 0.952. The van der Waals surface area contributed by atoms with Crippen molar-refractivity contribution < 1.29 is 14.1 Å². The van der Waals surface area contributed by atoms with Crippen LogP contribution in [0.4, 0.5) is 0 Å². The summed E-state index contributed by atoms with van der Waals surface area (Å²) >= 11 is 3.43. The summed E-state index contributed by atoms with van der Waals surface area (Å²) in [5.41, 5.74) is 0.280. The predicted molar refractivity (Wildman–Crippen MR) is 62.6 cm³/mol. The molecule has 6 heteroatoms. The predicted octanol–water partition coefficient (Wildman–Crippen LogP) is 1.72. The SMILES string of the molecule is CCC(Br)CNC(=O)c1cc(COC)on1. The first-order valence-corrected chi connectivity index (χ1v) is 5.95. The maximum atomic E-state index is 11.6. The fourth-order valence-electron chi connectivity index (χ4n) is 1.07. The number of rotatable bonds is 6. The number of ether oxygens (including phenoxy) is 1. The number of methoxy groups -OCH3 is 1. The van der Waals surface area contributed by atoms with Crippen LogP contribution in [0.25, 0.3) is 0 Å². The molecule has 0 aliphatic carbocycles. The highest BCUT2D eigenvalue weighted by molar-refractivity contribution is 9.09. The van der Waals surface area contributed by atoms with E-state index < -0.39 is 0 Å². The van der Waals surface area contributed by atoms with Crippen LogP contribution in [0, 0.1) is 0 Å². The minimum atomic E-state index is -0.232. The Morgan fingerprint density at radius 1 is 1.75 bits per heavy atom. The third-order valence-electron chi connectivity index (χ3n) is 2.01. The molecule has 1 atom stereocenters. The van der Waals surface area contributed by atoms with Gasteiger partial charge in [-0.3, -0.25) is 4.79 Å². The summed E-state index contributed by atoms with van der Waals surface area (Å²) in [7, 11) is 1.55. The van der Waals surface area contributed by atoms with Gasteiger partial charge in [-0.05, 0) is 6.42 Å². The van der Waals surface area contributed by atoms with Gasteiger partial charge >= 0.3 is 0 Å². The van der Waals surface area contributed by atoms with E-state index in [2.05, 4.69) is 26.4 Å². The van der Waals surface area contributed by atoms with Crippen molar-refractivity contribution in [1.82, 2.24) is 10.5 Å². The van der Waals surface area contributed by atoms with Gasteiger partial charge in [-0.1, -0.05) is 28.0 Å². The quantitative estimate of drug-likeness (QED) is 0.811. The lowest BCUT2D eigenvalue weighted by Gasteiger charge is -2.06. The van der Waals surface area contributed by atoms with E-state index in [0.717, 1.165) is 6.42 Å². The van der Waals surface area contributed by atoms with E-state index in [-0.39, 0.29) is 16.4 Å². The van der Waals surface area contributed by atoms with Crippen molar-refractivity contribution in [3.8, 4) is 0 Å². The lowest BCUT2D eigenvalue weighted by molar-refractivity contribution is 0.0944. The Labute approximate surface area is 103 Å². The van der Waals surface area contributed by atoms with Gasteiger partial charge in [0.15, 0.2) is 11.5 Å². The van der Waals surface area contributed by atoms with Gasteiger partial charge in [0.05, 0.1) is 0 Å². The van der Waals surface area contributed by atoms with Crippen LogP contribution in [0.3, 0.4) is 0 Å². The molecule has 1 heterocycles. The van der Waals surface area contributed by atoms with Crippen molar-refractivity contribution in [3.05, 3.63) is 17.5 Å². The molecule has 1 amide bonds. The second-order valence-electron chi connectivity index (χ2n) is 3.33. The number of carbonyl (C=O) groups is 1. The zero-order chi connectivity index (χ0) is 12.0. The average Bonchev–Trinajstić information content (AvgIpc) is 2.74. The molecule has 0 spiro atoms. The van der Waals surface area contributed by atoms with Crippen molar-refractivity contribution >= 4 is 21.8 Å². The Kier molecular flexibility index (Phi) is 5.48. The number of nitrogens with one attached hydrogen (secondary N) is 1. The van der Waals surface area contributed by atoms with E-state index in [1.807, 2.05) is 6.92 Å². The Morgan fingerprint density at radius 3 is 3.12 bits per heavy atom. The summed E-state index contributed by atoms with van der Waals surface area (Å²) in [6.45, 7) is 2.93. The molecule has 0 aliphatic heterocycles. The second kappa shape index (κ2) is 6.65. The minimum absolute atomic E-state index is 0.232. The van der Waals surface area contributed by atoms with Gasteiger partial charge in [-0.15, -0.1) is 0 Å². The highest BCUT2D eigenvalue weighted by Gasteiger charge is 2.13. The van der Waals surface area contributed by atoms with Gasteiger partial charge < -0.3 is 14.6 Å². The summed E-state index contributed by atoms with van der Waals surface area (Å²) in [4.78, 5) is 11.9. The molecule has 90 valence electrons. The second-order valence-corrected chi connectivity index (χ2v) is 4.62. The lowest BCUT2D eigenvalue weighted by Crippen LogP contribution is -2.29. The van der Waals surface area contributed by atoms with Gasteiger partial charge in [0, 0.05) is 24.5 Å². The smallest absolute Gasteiger partial charge is 0.273 e. The van der Waals surface area contributed by atoms with E-state index in [9.17, 15) is 4.79 Å². The molecule has 1 aromatic heterocycles. The third kappa shape index (κ3) is 3.94.